The smallest absolute Gasteiger partial charge is 0.379 e. The highest BCUT2D eigenvalue weighted by Gasteiger charge is 2.40. The van der Waals surface area contributed by atoms with Crippen molar-refractivity contribution in [2.75, 3.05) is 19.8 Å². The molecule has 1 atom stereocenters. The molecule has 32 heavy (non-hydrogen) atoms. The summed E-state index contributed by atoms with van der Waals surface area (Å²) in [7, 11) is 0. The highest BCUT2D eigenvalue weighted by Crippen LogP contribution is 2.32. The molecular weight excluding hydrogens is 453 g/mol. The Balaban J connectivity index is 0.000000204. The van der Waals surface area contributed by atoms with Crippen molar-refractivity contribution >= 4 is 17.5 Å². The number of carbonyl (C=O) groups is 1. The fourth-order valence-corrected chi connectivity index (χ4v) is 3.36. The lowest BCUT2D eigenvalue weighted by Crippen LogP contribution is -2.45. The van der Waals surface area contributed by atoms with E-state index in [9.17, 15) is 18.0 Å². The van der Waals surface area contributed by atoms with Crippen LogP contribution in [0.25, 0.3) is 11.3 Å². The van der Waals surface area contributed by atoms with E-state index in [2.05, 4.69) is 15.2 Å². The fraction of sp³-hybridized carbons (Fsp3) is 0.524. The third kappa shape index (κ3) is 8.42. The predicted molar refractivity (Wildman–Crippen MR) is 109 cm³/mol. The lowest BCUT2D eigenvalue weighted by atomic mass is 9.92. The summed E-state index contributed by atoms with van der Waals surface area (Å²) in [5.74, 6) is -0.263. The van der Waals surface area contributed by atoms with Crippen molar-refractivity contribution in [1.82, 2.24) is 10.5 Å². The van der Waals surface area contributed by atoms with Crippen molar-refractivity contribution in [3.05, 3.63) is 41.6 Å². The molecular formula is C21H24ClF3N2O5. The topological polar surface area (TPSA) is 82.8 Å². The number of alkyl halides is 3. The SMILES string of the molecule is Clc1ccc(-c2ccon2)cc1.O=C(COC1CC(OC(F)(F)F)C1)NC1CCCOC1. The Kier molecular flexibility index (Phi) is 8.92. The molecule has 2 heterocycles. The highest BCUT2D eigenvalue weighted by molar-refractivity contribution is 6.30. The van der Waals surface area contributed by atoms with E-state index in [0.29, 0.717) is 13.2 Å². The molecule has 0 radical (unpaired) electrons. The van der Waals surface area contributed by atoms with Crippen LogP contribution in [0, 0.1) is 0 Å². The van der Waals surface area contributed by atoms with E-state index in [4.69, 9.17) is 25.6 Å². The van der Waals surface area contributed by atoms with Crippen LogP contribution in [-0.2, 0) is 19.0 Å². The Morgan fingerprint density at radius 1 is 1.19 bits per heavy atom. The van der Waals surface area contributed by atoms with E-state index >= 15 is 0 Å². The van der Waals surface area contributed by atoms with Crippen LogP contribution in [0.15, 0.2) is 41.1 Å². The maximum atomic E-state index is 11.9. The Morgan fingerprint density at radius 2 is 1.94 bits per heavy atom. The molecule has 2 fully saturated rings. The molecule has 4 rings (SSSR count). The molecule has 1 N–H and O–H groups in total. The molecule has 2 aromatic rings. The number of aromatic nitrogens is 1. The van der Waals surface area contributed by atoms with E-state index in [1.54, 1.807) is 6.26 Å². The van der Waals surface area contributed by atoms with Gasteiger partial charge in [-0.05, 0) is 25.0 Å². The highest BCUT2D eigenvalue weighted by atomic mass is 35.5. The molecule has 11 heteroatoms. The van der Waals surface area contributed by atoms with Gasteiger partial charge in [0.1, 0.15) is 18.6 Å². The molecule has 1 saturated heterocycles. The third-order valence-corrected chi connectivity index (χ3v) is 5.16. The van der Waals surface area contributed by atoms with E-state index in [-0.39, 0.29) is 37.5 Å². The van der Waals surface area contributed by atoms with Gasteiger partial charge in [-0.25, -0.2) is 0 Å². The maximum absolute atomic E-state index is 11.9. The molecule has 2 aliphatic rings. The predicted octanol–water partition coefficient (Wildman–Crippen LogP) is 4.36. The molecule has 1 aromatic carbocycles. The van der Waals surface area contributed by atoms with Crippen LogP contribution < -0.4 is 5.32 Å². The van der Waals surface area contributed by atoms with Crippen LogP contribution >= 0.6 is 11.6 Å². The first-order valence-corrected chi connectivity index (χ1v) is 10.6. The van der Waals surface area contributed by atoms with Crippen molar-refractivity contribution in [2.24, 2.45) is 0 Å². The van der Waals surface area contributed by atoms with Crippen molar-refractivity contribution in [3.63, 3.8) is 0 Å². The number of hydrogen-bond donors (Lipinski definition) is 1. The second kappa shape index (κ2) is 11.6. The van der Waals surface area contributed by atoms with Gasteiger partial charge in [0.25, 0.3) is 0 Å². The molecule has 7 nitrogen and oxygen atoms in total. The van der Waals surface area contributed by atoms with E-state index in [1.807, 2.05) is 30.3 Å². The average Bonchev–Trinajstić information content (AvgIpc) is 3.25. The minimum Gasteiger partial charge on any atom is -0.379 e. The molecule has 1 saturated carbocycles. The summed E-state index contributed by atoms with van der Waals surface area (Å²) in [4.78, 5) is 11.6. The number of ether oxygens (including phenoxy) is 3. The number of benzene rings is 1. The first-order valence-electron chi connectivity index (χ1n) is 10.2. The van der Waals surface area contributed by atoms with Gasteiger partial charge in [0.2, 0.25) is 5.91 Å². The molecule has 0 spiro atoms. The van der Waals surface area contributed by atoms with Crippen LogP contribution in [-0.4, -0.2) is 55.5 Å². The summed E-state index contributed by atoms with van der Waals surface area (Å²) < 4.78 is 54.7. The molecule has 1 unspecified atom stereocenters. The fourth-order valence-electron chi connectivity index (χ4n) is 3.24. The van der Waals surface area contributed by atoms with Crippen molar-refractivity contribution in [2.45, 2.75) is 50.3 Å². The monoisotopic (exact) mass is 476 g/mol. The van der Waals surface area contributed by atoms with E-state index < -0.39 is 12.5 Å². The van der Waals surface area contributed by atoms with Gasteiger partial charge in [-0.1, -0.05) is 28.9 Å². The van der Waals surface area contributed by atoms with Crippen LogP contribution in [0.3, 0.4) is 0 Å². The zero-order chi connectivity index (χ0) is 23.0. The minimum atomic E-state index is -4.60. The van der Waals surface area contributed by atoms with Crippen LogP contribution in [0.4, 0.5) is 13.2 Å². The van der Waals surface area contributed by atoms with Gasteiger partial charge in [-0.3, -0.25) is 9.53 Å². The lowest BCUT2D eigenvalue weighted by molar-refractivity contribution is -0.357. The summed E-state index contributed by atoms with van der Waals surface area (Å²) in [5, 5.41) is 7.29. The summed E-state index contributed by atoms with van der Waals surface area (Å²) in [6.45, 7) is 1.07. The number of hydrogen-bond acceptors (Lipinski definition) is 6. The van der Waals surface area contributed by atoms with Crippen molar-refractivity contribution in [1.29, 1.82) is 0 Å². The van der Waals surface area contributed by atoms with E-state index in [1.165, 1.54) is 0 Å². The van der Waals surface area contributed by atoms with Crippen LogP contribution in [0.2, 0.25) is 5.02 Å². The van der Waals surface area contributed by atoms with E-state index in [0.717, 1.165) is 29.1 Å². The number of nitrogens with one attached hydrogen (secondary N) is 1. The van der Waals surface area contributed by atoms with Gasteiger partial charge < -0.3 is 19.3 Å². The summed E-state index contributed by atoms with van der Waals surface area (Å²) in [6.07, 6.45) is -2.14. The number of rotatable bonds is 6. The Labute approximate surface area is 188 Å². The zero-order valence-electron chi connectivity index (χ0n) is 17.1. The first kappa shape index (κ1) is 24.5. The number of carbonyl (C=O) groups excluding carboxylic acids is 1. The first-order chi connectivity index (χ1) is 15.3. The second-order valence-corrected chi connectivity index (χ2v) is 7.90. The Morgan fingerprint density at radius 3 is 2.53 bits per heavy atom. The zero-order valence-corrected chi connectivity index (χ0v) is 17.9. The molecule has 0 bridgehead atoms. The molecule has 176 valence electrons. The Hall–Kier alpha value is -2.14. The quantitative estimate of drug-likeness (QED) is 0.667. The molecule has 1 aliphatic heterocycles. The van der Waals surface area contributed by atoms with Crippen molar-refractivity contribution < 1.29 is 36.7 Å². The van der Waals surface area contributed by atoms with Gasteiger partial charge >= 0.3 is 6.36 Å². The van der Waals surface area contributed by atoms with Gasteiger partial charge in [-0.2, -0.15) is 0 Å². The lowest BCUT2D eigenvalue weighted by Gasteiger charge is -2.35. The number of amides is 1. The van der Waals surface area contributed by atoms with Crippen molar-refractivity contribution in [3.8, 4) is 11.3 Å². The van der Waals surface area contributed by atoms with Gasteiger partial charge in [0, 0.05) is 36.1 Å². The van der Waals surface area contributed by atoms with Gasteiger partial charge in [0.05, 0.1) is 24.9 Å². The third-order valence-electron chi connectivity index (χ3n) is 4.91. The maximum Gasteiger partial charge on any atom is 0.522 e. The van der Waals surface area contributed by atoms with Gasteiger partial charge in [-0.15, -0.1) is 13.2 Å². The molecule has 1 amide bonds. The largest absolute Gasteiger partial charge is 0.522 e. The number of halogens is 4. The van der Waals surface area contributed by atoms with Crippen LogP contribution in [0.5, 0.6) is 0 Å². The average molecular weight is 477 g/mol. The van der Waals surface area contributed by atoms with Gasteiger partial charge in [0.15, 0.2) is 0 Å². The standard InChI is InChI=1S/C12H18F3NO4.C9H6ClNO/c13-12(14,15)20-10-4-9(5-10)19-7-11(17)16-8-2-1-3-18-6-8;10-8-3-1-7(2-4-8)9-5-6-12-11-9/h8-10H,1-7H2,(H,16,17);1-6H. The summed E-state index contributed by atoms with van der Waals surface area (Å²) in [5.41, 5.74) is 1.83. The summed E-state index contributed by atoms with van der Waals surface area (Å²) in [6, 6.07) is 9.27. The number of nitrogens with zero attached hydrogens (tertiary/aromatic N) is 1. The normalized spacial score (nSPS) is 22.9. The minimum absolute atomic E-state index is 0.00236. The van der Waals surface area contributed by atoms with Crippen LogP contribution in [0.1, 0.15) is 25.7 Å². The second-order valence-electron chi connectivity index (χ2n) is 7.46. The Bertz CT molecular complexity index is 821. The summed E-state index contributed by atoms with van der Waals surface area (Å²) >= 11 is 5.73. The molecule has 1 aromatic heterocycles. The molecule has 1 aliphatic carbocycles.